The van der Waals surface area contributed by atoms with Crippen LogP contribution in [0.1, 0.15) is 65.2 Å². The second kappa shape index (κ2) is 11.8. The molecule has 0 bridgehead atoms. The maximum absolute atomic E-state index is 14.0. The van der Waals surface area contributed by atoms with Crippen LogP contribution in [-0.2, 0) is 0 Å². The SMILES string of the molecule is C[C@@H](NCCC[C@@H]1C[C@@H](c2ccc(F)c(C(=O)O)c2)c2ccccc2O1)c1cccc2ccccc12.Cl. The van der Waals surface area contributed by atoms with Crippen LogP contribution in [0, 0.1) is 5.82 Å². The van der Waals surface area contributed by atoms with Gasteiger partial charge in [-0.15, -0.1) is 12.4 Å². The topological polar surface area (TPSA) is 58.6 Å². The summed E-state index contributed by atoms with van der Waals surface area (Å²) in [5.41, 5.74) is 2.82. The minimum atomic E-state index is -1.25. The molecule has 0 aliphatic carbocycles. The minimum Gasteiger partial charge on any atom is -0.490 e. The van der Waals surface area contributed by atoms with Crippen molar-refractivity contribution >= 4 is 29.1 Å². The van der Waals surface area contributed by atoms with Gasteiger partial charge >= 0.3 is 5.97 Å². The molecule has 0 saturated heterocycles. The molecule has 0 radical (unpaired) electrons. The average Bonchev–Trinajstić information content (AvgIpc) is 2.90. The Labute approximate surface area is 222 Å². The largest absolute Gasteiger partial charge is 0.490 e. The molecule has 0 saturated carbocycles. The van der Waals surface area contributed by atoms with Crippen molar-refractivity contribution in [2.75, 3.05) is 6.54 Å². The molecule has 37 heavy (non-hydrogen) atoms. The van der Waals surface area contributed by atoms with E-state index in [1.807, 2.05) is 24.3 Å². The normalized spacial score (nSPS) is 17.4. The van der Waals surface area contributed by atoms with Gasteiger partial charge < -0.3 is 15.2 Å². The summed E-state index contributed by atoms with van der Waals surface area (Å²) in [4.78, 5) is 11.5. The molecule has 5 rings (SSSR count). The van der Waals surface area contributed by atoms with Crippen LogP contribution in [0.2, 0.25) is 0 Å². The number of carboxylic acid groups (broad SMARTS) is 1. The fourth-order valence-corrected chi connectivity index (χ4v) is 5.30. The highest BCUT2D eigenvalue weighted by Crippen LogP contribution is 2.41. The van der Waals surface area contributed by atoms with Crippen LogP contribution in [0.25, 0.3) is 10.8 Å². The van der Waals surface area contributed by atoms with E-state index in [1.165, 1.54) is 28.5 Å². The Kier molecular flexibility index (Phi) is 8.47. The van der Waals surface area contributed by atoms with E-state index in [0.29, 0.717) is 0 Å². The van der Waals surface area contributed by atoms with E-state index >= 15 is 0 Å². The van der Waals surface area contributed by atoms with Crippen LogP contribution < -0.4 is 10.1 Å². The number of nitrogens with one attached hydrogen (secondary N) is 1. The van der Waals surface area contributed by atoms with Gasteiger partial charge in [0.05, 0.1) is 11.7 Å². The molecular weight excluding hydrogens is 489 g/mol. The van der Waals surface area contributed by atoms with Crippen LogP contribution in [0.4, 0.5) is 4.39 Å². The first-order valence-electron chi connectivity index (χ1n) is 12.5. The van der Waals surface area contributed by atoms with E-state index in [9.17, 15) is 14.3 Å². The summed E-state index contributed by atoms with van der Waals surface area (Å²) in [6.07, 6.45) is 2.53. The number of para-hydroxylation sites is 1. The van der Waals surface area contributed by atoms with Crippen molar-refractivity contribution in [2.45, 2.75) is 44.2 Å². The van der Waals surface area contributed by atoms with Crippen LogP contribution in [0.15, 0.2) is 84.9 Å². The van der Waals surface area contributed by atoms with Gasteiger partial charge in [0, 0.05) is 17.5 Å². The average molecular weight is 520 g/mol. The third-order valence-corrected chi connectivity index (χ3v) is 7.15. The van der Waals surface area contributed by atoms with Crippen molar-refractivity contribution < 1.29 is 19.0 Å². The van der Waals surface area contributed by atoms with Crippen molar-refractivity contribution in [1.82, 2.24) is 5.32 Å². The Morgan fingerprint density at radius 3 is 2.65 bits per heavy atom. The summed E-state index contributed by atoms with van der Waals surface area (Å²) in [5, 5.41) is 15.6. The number of hydrogen-bond donors (Lipinski definition) is 2. The van der Waals surface area contributed by atoms with Crippen molar-refractivity contribution in [2.24, 2.45) is 0 Å². The van der Waals surface area contributed by atoms with Crippen LogP contribution in [0.3, 0.4) is 0 Å². The maximum atomic E-state index is 14.0. The predicted molar refractivity (Wildman–Crippen MR) is 148 cm³/mol. The lowest BCUT2D eigenvalue weighted by molar-refractivity contribution is 0.0691. The summed E-state index contributed by atoms with van der Waals surface area (Å²) < 4.78 is 20.3. The molecule has 1 aliphatic rings. The highest BCUT2D eigenvalue weighted by molar-refractivity contribution is 5.88. The molecule has 2 N–H and O–H groups in total. The molecule has 0 amide bonds. The first-order valence-corrected chi connectivity index (χ1v) is 12.5. The third-order valence-electron chi connectivity index (χ3n) is 7.15. The van der Waals surface area contributed by atoms with Gasteiger partial charge in [-0.25, -0.2) is 9.18 Å². The zero-order chi connectivity index (χ0) is 25.1. The van der Waals surface area contributed by atoms with Gasteiger partial charge in [-0.2, -0.15) is 0 Å². The predicted octanol–water partition coefficient (Wildman–Crippen LogP) is 7.51. The lowest BCUT2D eigenvalue weighted by atomic mass is 9.82. The van der Waals surface area contributed by atoms with Crippen molar-refractivity contribution in [1.29, 1.82) is 0 Å². The summed E-state index contributed by atoms with van der Waals surface area (Å²) in [7, 11) is 0. The molecule has 0 aromatic heterocycles. The number of rotatable bonds is 8. The number of carbonyl (C=O) groups is 1. The van der Waals surface area contributed by atoms with E-state index in [4.69, 9.17) is 4.74 Å². The Hall–Kier alpha value is -3.41. The molecule has 6 heteroatoms. The molecule has 4 aromatic rings. The Bertz CT molecular complexity index is 1390. The smallest absolute Gasteiger partial charge is 0.338 e. The van der Waals surface area contributed by atoms with Gasteiger partial charge in [-0.1, -0.05) is 66.7 Å². The molecule has 192 valence electrons. The Balaban J connectivity index is 0.00000320. The summed E-state index contributed by atoms with van der Waals surface area (Å²) in [5.74, 6) is -1.19. The molecule has 4 aromatic carbocycles. The zero-order valence-corrected chi connectivity index (χ0v) is 21.5. The molecule has 3 atom stereocenters. The first-order chi connectivity index (χ1) is 17.5. The van der Waals surface area contributed by atoms with Crippen molar-refractivity contribution in [3.05, 3.63) is 113 Å². The molecular formula is C31H31ClFNO3. The number of benzene rings is 4. The Morgan fingerprint density at radius 1 is 1.05 bits per heavy atom. The summed E-state index contributed by atoms with van der Waals surface area (Å²) in [6, 6.07) is 27.4. The van der Waals surface area contributed by atoms with Gasteiger partial charge in [0.1, 0.15) is 11.6 Å². The molecule has 0 fully saturated rings. The first kappa shape index (κ1) is 26.6. The lowest BCUT2D eigenvalue weighted by Gasteiger charge is -2.33. The number of fused-ring (bicyclic) bond motifs is 2. The van der Waals surface area contributed by atoms with Crippen LogP contribution >= 0.6 is 12.4 Å². The molecule has 1 aliphatic heterocycles. The number of ether oxygens (including phenoxy) is 1. The second-order valence-electron chi connectivity index (χ2n) is 9.50. The van der Waals surface area contributed by atoms with Gasteiger partial charge in [0.2, 0.25) is 0 Å². The van der Waals surface area contributed by atoms with Crippen LogP contribution in [0.5, 0.6) is 5.75 Å². The quantitative estimate of drug-likeness (QED) is 0.236. The van der Waals surface area contributed by atoms with Gasteiger partial charge in [0.15, 0.2) is 0 Å². The second-order valence-corrected chi connectivity index (χ2v) is 9.50. The standard InChI is InChI=1S/C31H30FNO3.ClH/c1-20(24-13-6-9-21-8-2-3-11-25(21)24)33-17-7-10-23-19-27(26-12-4-5-14-30(26)36-23)22-15-16-29(32)28(18-22)31(34)35;/h2-6,8-9,11-16,18,20,23,27,33H,7,10,17,19H2,1H3,(H,34,35);1H/t20-,23-,27+;/m1./s1. The molecule has 0 unspecified atom stereocenters. The summed E-state index contributed by atoms with van der Waals surface area (Å²) in [6.45, 7) is 3.05. The van der Waals surface area contributed by atoms with E-state index in [1.54, 1.807) is 6.07 Å². The lowest BCUT2D eigenvalue weighted by Crippen LogP contribution is -2.28. The van der Waals surface area contributed by atoms with E-state index < -0.39 is 11.8 Å². The third kappa shape index (κ3) is 5.79. The van der Waals surface area contributed by atoms with E-state index in [-0.39, 0.29) is 36.0 Å². The van der Waals surface area contributed by atoms with E-state index in [0.717, 1.165) is 42.7 Å². The zero-order valence-electron chi connectivity index (χ0n) is 20.7. The van der Waals surface area contributed by atoms with Crippen molar-refractivity contribution in [3.63, 3.8) is 0 Å². The highest BCUT2D eigenvalue weighted by atomic mass is 35.5. The monoisotopic (exact) mass is 519 g/mol. The number of halogens is 2. The van der Waals surface area contributed by atoms with E-state index in [2.05, 4.69) is 54.7 Å². The number of aromatic carboxylic acids is 1. The van der Waals surface area contributed by atoms with Gasteiger partial charge in [-0.3, -0.25) is 0 Å². The number of carboxylic acids is 1. The van der Waals surface area contributed by atoms with Crippen molar-refractivity contribution in [3.8, 4) is 5.75 Å². The van der Waals surface area contributed by atoms with Gasteiger partial charge in [0.25, 0.3) is 0 Å². The maximum Gasteiger partial charge on any atom is 0.338 e. The van der Waals surface area contributed by atoms with Gasteiger partial charge in [-0.05, 0) is 72.8 Å². The number of hydrogen-bond acceptors (Lipinski definition) is 3. The molecule has 1 heterocycles. The fraction of sp³-hybridized carbons (Fsp3) is 0.258. The Morgan fingerprint density at radius 2 is 1.81 bits per heavy atom. The summed E-state index contributed by atoms with van der Waals surface area (Å²) >= 11 is 0. The molecule has 4 nitrogen and oxygen atoms in total. The fourth-order valence-electron chi connectivity index (χ4n) is 5.30. The van der Waals surface area contributed by atoms with Crippen LogP contribution in [-0.4, -0.2) is 23.7 Å². The molecule has 0 spiro atoms. The highest BCUT2D eigenvalue weighted by Gasteiger charge is 2.30. The minimum absolute atomic E-state index is 0.